The van der Waals surface area contributed by atoms with Crippen LogP contribution in [-0.2, 0) is 11.2 Å². The number of hydrogen-bond donors (Lipinski definition) is 2. The van der Waals surface area contributed by atoms with Gasteiger partial charge in [-0.15, -0.1) is 0 Å². The van der Waals surface area contributed by atoms with Crippen LogP contribution in [-0.4, -0.2) is 21.0 Å². The number of anilines is 1. The molecule has 0 saturated carbocycles. The second-order valence-electron chi connectivity index (χ2n) is 4.06. The van der Waals surface area contributed by atoms with Crippen molar-refractivity contribution in [1.29, 1.82) is 0 Å². The second kappa shape index (κ2) is 4.37. The topological polar surface area (TPSA) is 89.1 Å². The van der Waals surface area contributed by atoms with Crippen LogP contribution in [0.25, 0.3) is 11.0 Å². The first-order valence-electron chi connectivity index (χ1n) is 5.30. The van der Waals surface area contributed by atoms with E-state index in [9.17, 15) is 4.79 Å². The van der Waals surface area contributed by atoms with Gasteiger partial charge in [0.15, 0.2) is 0 Å². The molecule has 0 aliphatic heterocycles. The molecule has 5 nitrogen and oxygen atoms in total. The van der Waals surface area contributed by atoms with Crippen LogP contribution in [0, 0.1) is 5.92 Å². The number of nitrogens with two attached hydrogens (primary N) is 1. The van der Waals surface area contributed by atoms with Gasteiger partial charge in [0.25, 0.3) is 0 Å². The third kappa shape index (κ3) is 2.50. The highest BCUT2D eigenvalue weighted by Gasteiger charge is 2.12. The quantitative estimate of drug-likeness (QED) is 0.835. The van der Waals surface area contributed by atoms with Crippen molar-refractivity contribution in [3.05, 3.63) is 30.0 Å². The van der Waals surface area contributed by atoms with Gasteiger partial charge in [0, 0.05) is 0 Å². The molecule has 0 fully saturated rings. The van der Waals surface area contributed by atoms with Crippen molar-refractivity contribution in [1.82, 2.24) is 9.97 Å². The van der Waals surface area contributed by atoms with Crippen molar-refractivity contribution in [2.24, 2.45) is 5.92 Å². The lowest BCUT2D eigenvalue weighted by Crippen LogP contribution is -2.12. The molecule has 1 aromatic heterocycles. The van der Waals surface area contributed by atoms with Gasteiger partial charge in [-0.3, -0.25) is 9.78 Å². The third-order valence-corrected chi connectivity index (χ3v) is 2.59. The Morgan fingerprint density at radius 1 is 1.47 bits per heavy atom. The van der Waals surface area contributed by atoms with Crippen LogP contribution in [0.3, 0.4) is 0 Å². The summed E-state index contributed by atoms with van der Waals surface area (Å²) in [5, 5.41) is 8.85. The van der Waals surface area contributed by atoms with Crippen LogP contribution in [0.15, 0.2) is 24.4 Å². The lowest BCUT2D eigenvalue weighted by molar-refractivity contribution is -0.141. The van der Waals surface area contributed by atoms with Gasteiger partial charge in [0.2, 0.25) is 0 Å². The molecular formula is C12H13N3O2. The van der Waals surface area contributed by atoms with E-state index in [-0.39, 0.29) is 0 Å². The number of benzene rings is 1. The van der Waals surface area contributed by atoms with Crippen molar-refractivity contribution in [3.63, 3.8) is 0 Å². The van der Waals surface area contributed by atoms with Gasteiger partial charge >= 0.3 is 5.97 Å². The van der Waals surface area contributed by atoms with Crippen molar-refractivity contribution in [2.45, 2.75) is 13.3 Å². The Balaban J connectivity index is 2.32. The predicted molar refractivity (Wildman–Crippen MR) is 64.5 cm³/mol. The maximum atomic E-state index is 10.8. The maximum Gasteiger partial charge on any atom is 0.306 e. The Labute approximate surface area is 98.3 Å². The molecule has 0 radical (unpaired) electrons. The number of nitrogen functional groups attached to an aromatic ring is 1. The Kier molecular flexibility index (Phi) is 2.91. The Hall–Kier alpha value is -2.17. The number of rotatable bonds is 3. The SMILES string of the molecule is CC(Cc1ccc2nc(N)cnc2c1)C(=O)O. The van der Waals surface area contributed by atoms with Crippen LogP contribution < -0.4 is 5.73 Å². The third-order valence-electron chi connectivity index (χ3n) is 2.59. The van der Waals surface area contributed by atoms with Crippen LogP contribution in [0.5, 0.6) is 0 Å². The van der Waals surface area contributed by atoms with E-state index in [2.05, 4.69) is 9.97 Å². The first-order chi connectivity index (χ1) is 8.06. The maximum absolute atomic E-state index is 10.8. The minimum atomic E-state index is -0.798. The van der Waals surface area contributed by atoms with E-state index in [0.717, 1.165) is 16.6 Å². The monoisotopic (exact) mass is 231 g/mol. The number of carboxylic acid groups (broad SMARTS) is 1. The molecule has 5 heteroatoms. The second-order valence-corrected chi connectivity index (χ2v) is 4.06. The highest BCUT2D eigenvalue weighted by molar-refractivity contribution is 5.76. The fraction of sp³-hybridized carbons (Fsp3) is 0.250. The summed E-state index contributed by atoms with van der Waals surface area (Å²) < 4.78 is 0. The van der Waals surface area contributed by atoms with Gasteiger partial charge in [-0.1, -0.05) is 13.0 Å². The summed E-state index contributed by atoms with van der Waals surface area (Å²) in [6, 6.07) is 5.51. The van der Waals surface area contributed by atoms with Crippen LogP contribution >= 0.6 is 0 Å². The van der Waals surface area contributed by atoms with Crippen LogP contribution in [0.1, 0.15) is 12.5 Å². The van der Waals surface area contributed by atoms with Gasteiger partial charge in [-0.05, 0) is 24.1 Å². The highest BCUT2D eigenvalue weighted by atomic mass is 16.4. The molecule has 1 atom stereocenters. The average Bonchev–Trinajstić information content (AvgIpc) is 2.29. The van der Waals surface area contributed by atoms with E-state index in [4.69, 9.17) is 10.8 Å². The smallest absolute Gasteiger partial charge is 0.306 e. The van der Waals surface area contributed by atoms with E-state index in [1.807, 2.05) is 18.2 Å². The molecule has 0 bridgehead atoms. The lowest BCUT2D eigenvalue weighted by Gasteiger charge is -2.06. The molecule has 0 aliphatic rings. The number of nitrogens with zero attached hydrogens (tertiary/aromatic N) is 2. The molecule has 0 amide bonds. The highest BCUT2D eigenvalue weighted by Crippen LogP contribution is 2.16. The van der Waals surface area contributed by atoms with Crippen molar-refractivity contribution in [2.75, 3.05) is 5.73 Å². The van der Waals surface area contributed by atoms with E-state index in [0.29, 0.717) is 12.2 Å². The molecule has 1 aromatic carbocycles. The summed E-state index contributed by atoms with van der Waals surface area (Å²) in [7, 11) is 0. The molecule has 17 heavy (non-hydrogen) atoms. The van der Waals surface area contributed by atoms with Gasteiger partial charge in [-0.2, -0.15) is 0 Å². The molecule has 0 saturated heterocycles. The largest absolute Gasteiger partial charge is 0.481 e. The predicted octanol–water partition coefficient (Wildman–Crippen LogP) is 1.48. The minimum absolute atomic E-state index is 0.379. The Morgan fingerprint density at radius 3 is 2.94 bits per heavy atom. The first-order valence-corrected chi connectivity index (χ1v) is 5.30. The summed E-state index contributed by atoms with van der Waals surface area (Å²) in [6.45, 7) is 1.68. The summed E-state index contributed by atoms with van der Waals surface area (Å²) in [4.78, 5) is 19.1. The molecule has 1 heterocycles. The normalized spacial score (nSPS) is 12.5. The zero-order valence-electron chi connectivity index (χ0n) is 9.42. The fourth-order valence-corrected chi connectivity index (χ4v) is 1.64. The number of aromatic nitrogens is 2. The van der Waals surface area contributed by atoms with Crippen LogP contribution in [0.2, 0.25) is 0 Å². The van der Waals surface area contributed by atoms with E-state index >= 15 is 0 Å². The molecule has 88 valence electrons. The summed E-state index contributed by atoms with van der Waals surface area (Å²) >= 11 is 0. The number of carboxylic acids is 1. The van der Waals surface area contributed by atoms with E-state index < -0.39 is 11.9 Å². The Morgan fingerprint density at radius 2 is 2.24 bits per heavy atom. The molecule has 2 rings (SSSR count). The molecule has 2 aromatic rings. The van der Waals surface area contributed by atoms with E-state index in [1.165, 1.54) is 6.20 Å². The van der Waals surface area contributed by atoms with Gasteiger partial charge < -0.3 is 10.8 Å². The van der Waals surface area contributed by atoms with Crippen molar-refractivity contribution < 1.29 is 9.90 Å². The average molecular weight is 231 g/mol. The number of fused-ring (bicyclic) bond motifs is 1. The molecular weight excluding hydrogens is 218 g/mol. The van der Waals surface area contributed by atoms with Gasteiger partial charge in [0.05, 0.1) is 23.1 Å². The van der Waals surface area contributed by atoms with Crippen molar-refractivity contribution in [3.8, 4) is 0 Å². The zero-order valence-corrected chi connectivity index (χ0v) is 9.42. The van der Waals surface area contributed by atoms with Gasteiger partial charge in [-0.25, -0.2) is 4.98 Å². The molecule has 0 aliphatic carbocycles. The lowest BCUT2D eigenvalue weighted by atomic mass is 10.0. The number of hydrogen-bond acceptors (Lipinski definition) is 4. The zero-order chi connectivity index (χ0) is 12.4. The first kappa shape index (κ1) is 11.3. The summed E-state index contributed by atoms with van der Waals surface area (Å²) in [5.74, 6) is -0.827. The van der Waals surface area contributed by atoms with Crippen molar-refractivity contribution >= 4 is 22.8 Å². The molecule has 3 N–H and O–H groups in total. The van der Waals surface area contributed by atoms with E-state index in [1.54, 1.807) is 6.92 Å². The minimum Gasteiger partial charge on any atom is -0.481 e. The Bertz CT molecular complexity index is 569. The summed E-state index contributed by atoms with van der Waals surface area (Å²) in [6.07, 6.45) is 1.98. The fourth-order valence-electron chi connectivity index (χ4n) is 1.64. The summed E-state index contributed by atoms with van der Waals surface area (Å²) in [5.41, 5.74) is 7.92. The number of aliphatic carboxylic acids is 1. The molecule has 0 spiro atoms. The van der Waals surface area contributed by atoms with Crippen LogP contribution in [0.4, 0.5) is 5.82 Å². The molecule has 1 unspecified atom stereocenters. The number of carbonyl (C=O) groups is 1. The standard InChI is InChI=1S/C12H13N3O2/c1-7(12(16)17)4-8-2-3-9-10(5-8)14-6-11(13)15-9/h2-3,5-7H,4H2,1H3,(H2,13,15)(H,16,17). The van der Waals surface area contributed by atoms with Gasteiger partial charge in [0.1, 0.15) is 5.82 Å².